The molecule has 0 saturated carbocycles. The van der Waals surface area contributed by atoms with Gasteiger partial charge >= 0.3 is 0 Å². The molecule has 0 aliphatic heterocycles. The molecular formula is C51H99NO3. The number of aliphatic hydroxyl groups is 2. The van der Waals surface area contributed by atoms with Gasteiger partial charge in [0.2, 0.25) is 5.91 Å². The smallest absolute Gasteiger partial charge is 0.220 e. The molecule has 0 aromatic heterocycles. The van der Waals surface area contributed by atoms with Crippen molar-refractivity contribution in [2.24, 2.45) is 0 Å². The number of carbonyl (C=O) groups is 1. The molecule has 0 rings (SSSR count). The summed E-state index contributed by atoms with van der Waals surface area (Å²) in [6.07, 6.45) is 61.5. The number of amides is 1. The summed E-state index contributed by atoms with van der Waals surface area (Å²) in [5, 5.41) is 23.1. The second kappa shape index (κ2) is 47.2. The zero-order valence-electron chi connectivity index (χ0n) is 37.5. The summed E-state index contributed by atoms with van der Waals surface area (Å²) < 4.78 is 0. The van der Waals surface area contributed by atoms with E-state index < -0.39 is 12.1 Å². The highest BCUT2D eigenvalue weighted by molar-refractivity contribution is 5.76. The van der Waals surface area contributed by atoms with E-state index in [2.05, 4.69) is 43.5 Å². The number of rotatable bonds is 46. The third kappa shape index (κ3) is 43.8. The third-order valence-electron chi connectivity index (χ3n) is 11.7. The molecule has 4 nitrogen and oxygen atoms in total. The minimum atomic E-state index is -0.654. The van der Waals surface area contributed by atoms with Crippen molar-refractivity contribution >= 4 is 5.91 Å². The summed E-state index contributed by atoms with van der Waals surface area (Å²) in [6, 6.07) is -0.531. The van der Waals surface area contributed by atoms with Crippen LogP contribution in [0.25, 0.3) is 0 Å². The van der Waals surface area contributed by atoms with Gasteiger partial charge in [0.1, 0.15) is 0 Å². The lowest BCUT2D eigenvalue weighted by molar-refractivity contribution is -0.123. The zero-order chi connectivity index (χ0) is 40.0. The highest BCUT2D eigenvalue weighted by Gasteiger charge is 2.20. The number of hydrogen-bond donors (Lipinski definition) is 3. The molecule has 0 aliphatic carbocycles. The first-order chi connectivity index (χ1) is 27.2. The molecule has 3 N–H and O–H groups in total. The van der Waals surface area contributed by atoms with Gasteiger partial charge in [-0.25, -0.2) is 0 Å². The molecule has 1 amide bonds. The molecule has 0 spiro atoms. The second-order valence-electron chi connectivity index (χ2n) is 17.2. The molecule has 0 aromatic carbocycles. The van der Waals surface area contributed by atoms with Crippen LogP contribution in [0, 0.1) is 0 Å². The first kappa shape index (κ1) is 53.9. The number of hydrogen-bond acceptors (Lipinski definition) is 3. The van der Waals surface area contributed by atoms with Crippen LogP contribution in [0.3, 0.4) is 0 Å². The van der Waals surface area contributed by atoms with E-state index in [1.54, 1.807) is 0 Å². The predicted molar refractivity (Wildman–Crippen MR) is 244 cm³/mol. The highest BCUT2D eigenvalue weighted by atomic mass is 16.3. The minimum absolute atomic E-state index is 0.0288. The van der Waals surface area contributed by atoms with Crippen molar-refractivity contribution in [3.63, 3.8) is 0 Å². The summed E-state index contributed by atoms with van der Waals surface area (Å²) >= 11 is 0. The Morgan fingerprint density at radius 3 is 1.09 bits per heavy atom. The number of allylic oxidation sites excluding steroid dienone is 4. The standard InChI is InChI=1S/C51H99NO3/c1-3-5-7-9-11-13-15-16-17-18-19-20-21-22-23-24-25-26-27-28-29-30-31-32-33-34-35-36-37-39-41-43-45-47-51(55)52-49(48-53)50(54)46-44-42-40-38-14-12-10-8-6-4-2/h15-16,18-19,49-50,53-54H,3-14,17,20-48H2,1-2H3,(H,52,55)/b16-15-,19-18-. The maximum absolute atomic E-state index is 12.4. The van der Waals surface area contributed by atoms with Crippen LogP contribution in [0.4, 0.5) is 0 Å². The maximum atomic E-state index is 12.4. The quantitative estimate of drug-likeness (QED) is 0.0426. The lowest BCUT2D eigenvalue weighted by Crippen LogP contribution is -2.45. The zero-order valence-corrected chi connectivity index (χ0v) is 37.5. The third-order valence-corrected chi connectivity index (χ3v) is 11.7. The van der Waals surface area contributed by atoms with E-state index in [1.807, 2.05) is 0 Å². The molecule has 0 heterocycles. The van der Waals surface area contributed by atoms with Gasteiger partial charge < -0.3 is 15.5 Å². The number of aliphatic hydroxyl groups excluding tert-OH is 2. The van der Waals surface area contributed by atoms with Crippen LogP contribution in [-0.4, -0.2) is 34.9 Å². The van der Waals surface area contributed by atoms with Gasteiger partial charge in [0.05, 0.1) is 18.8 Å². The fourth-order valence-corrected chi connectivity index (χ4v) is 7.86. The molecule has 0 radical (unpaired) electrons. The Morgan fingerprint density at radius 1 is 0.436 bits per heavy atom. The van der Waals surface area contributed by atoms with Crippen LogP contribution in [-0.2, 0) is 4.79 Å². The van der Waals surface area contributed by atoms with E-state index in [1.165, 1.54) is 218 Å². The van der Waals surface area contributed by atoms with Gasteiger partial charge in [-0.3, -0.25) is 4.79 Å². The Hall–Kier alpha value is -1.13. The number of carbonyl (C=O) groups excluding carboxylic acids is 1. The normalized spacial score (nSPS) is 13.0. The van der Waals surface area contributed by atoms with E-state index in [4.69, 9.17) is 0 Å². The van der Waals surface area contributed by atoms with E-state index in [9.17, 15) is 15.0 Å². The van der Waals surface area contributed by atoms with Crippen LogP contribution in [0.5, 0.6) is 0 Å². The van der Waals surface area contributed by atoms with Gasteiger partial charge in [-0.2, -0.15) is 0 Å². The van der Waals surface area contributed by atoms with Crippen LogP contribution < -0.4 is 5.32 Å². The molecule has 0 saturated heterocycles. The van der Waals surface area contributed by atoms with E-state index in [-0.39, 0.29) is 12.5 Å². The van der Waals surface area contributed by atoms with Gasteiger partial charge in [-0.05, 0) is 44.9 Å². The number of unbranched alkanes of at least 4 members (excludes halogenated alkanes) is 35. The lowest BCUT2D eigenvalue weighted by atomic mass is 10.0. The van der Waals surface area contributed by atoms with Crippen molar-refractivity contribution in [2.45, 2.75) is 289 Å². The molecule has 0 aromatic rings. The molecule has 0 aliphatic rings. The summed E-state index contributed by atoms with van der Waals surface area (Å²) in [7, 11) is 0. The first-order valence-electron chi connectivity index (χ1n) is 25.0. The Labute approximate surface area is 345 Å². The maximum Gasteiger partial charge on any atom is 0.220 e. The van der Waals surface area contributed by atoms with E-state index in [0.29, 0.717) is 12.8 Å². The minimum Gasteiger partial charge on any atom is -0.394 e. The molecule has 0 fully saturated rings. The van der Waals surface area contributed by atoms with Crippen molar-refractivity contribution in [3.05, 3.63) is 24.3 Å². The highest BCUT2D eigenvalue weighted by Crippen LogP contribution is 2.17. The van der Waals surface area contributed by atoms with Crippen molar-refractivity contribution in [3.8, 4) is 0 Å². The van der Waals surface area contributed by atoms with Crippen molar-refractivity contribution in [2.75, 3.05) is 6.61 Å². The van der Waals surface area contributed by atoms with Gasteiger partial charge in [-0.15, -0.1) is 0 Å². The Bertz CT molecular complexity index is 795. The van der Waals surface area contributed by atoms with Gasteiger partial charge in [0.15, 0.2) is 0 Å². The fraction of sp³-hybridized carbons (Fsp3) is 0.902. The summed E-state index contributed by atoms with van der Waals surface area (Å²) in [4.78, 5) is 12.4. The van der Waals surface area contributed by atoms with Crippen LogP contribution in [0.15, 0.2) is 24.3 Å². The average molecular weight is 774 g/mol. The van der Waals surface area contributed by atoms with Crippen molar-refractivity contribution in [1.29, 1.82) is 0 Å². The first-order valence-corrected chi connectivity index (χ1v) is 25.0. The molecule has 55 heavy (non-hydrogen) atoms. The molecule has 0 bridgehead atoms. The summed E-state index contributed by atoms with van der Waals surface area (Å²) in [5.41, 5.74) is 0. The molecular weight excluding hydrogens is 675 g/mol. The van der Waals surface area contributed by atoms with Crippen LogP contribution in [0.2, 0.25) is 0 Å². The van der Waals surface area contributed by atoms with Gasteiger partial charge in [0.25, 0.3) is 0 Å². The second-order valence-corrected chi connectivity index (χ2v) is 17.2. The molecule has 4 heteroatoms. The van der Waals surface area contributed by atoms with Crippen molar-refractivity contribution in [1.82, 2.24) is 5.32 Å². The van der Waals surface area contributed by atoms with Crippen molar-refractivity contribution < 1.29 is 15.0 Å². The lowest BCUT2D eigenvalue weighted by Gasteiger charge is -2.22. The average Bonchev–Trinajstić information content (AvgIpc) is 3.19. The van der Waals surface area contributed by atoms with Gasteiger partial charge in [0, 0.05) is 6.42 Å². The molecule has 2 unspecified atom stereocenters. The fourth-order valence-electron chi connectivity index (χ4n) is 7.86. The number of nitrogens with one attached hydrogen (secondary N) is 1. The Morgan fingerprint density at radius 2 is 0.745 bits per heavy atom. The monoisotopic (exact) mass is 774 g/mol. The van der Waals surface area contributed by atoms with Gasteiger partial charge in [-0.1, -0.05) is 250 Å². The van der Waals surface area contributed by atoms with E-state index in [0.717, 1.165) is 32.1 Å². The Balaban J connectivity index is 3.37. The molecule has 2 atom stereocenters. The predicted octanol–water partition coefficient (Wildman–Crippen LogP) is 16.0. The van der Waals surface area contributed by atoms with Crippen LogP contribution in [0.1, 0.15) is 277 Å². The SMILES string of the molecule is CCCCCCC/C=C\C/C=C\CCCCCCCCCCCCCCCCCCCCCCCC(=O)NC(CO)C(O)CCCCCCCCCCCC. The topological polar surface area (TPSA) is 69.6 Å². The molecule has 326 valence electrons. The summed E-state index contributed by atoms with van der Waals surface area (Å²) in [5.74, 6) is -0.0288. The summed E-state index contributed by atoms with van der Waals surface area (Å²) in [6.45, 7) is 4.35. The largest absolute Gasteiger partial charge is 0.394 e. The Kier molecular flexibility index (Phi) is 46.3. The van der Waals surface area contributed by atoms with Crippen LogP contribution >= 0.6 is 0 Å². The van der Waals surface area contributed by atoms with E-state index >= 15 is 0 Å².